The van der Waals surface area contributed by atoms with E-state index in [1.54, 1.807) is 13.2 Å². The van der Waals surface area contributed by atoms with E-state index in [4.69, 9.17) is 40.2 Å². The van der Waals surface area contributed by atoms with Gasteiger partial charge in [0.25, 0.3) is 0 Å². The zero-order chi connectivity index (χ0) is 25.4. The molecule has 0 radical (unpaired) electrons. The van der Waals surface area contributed by atoms with Crippen molar-refractivity contribution < 1.29 is 4.74 Å². The van der Waals surface area contributed by atoms with E-state index in [0.29, 0.717) is 21.7 Å². The Labute approximate surface area is 226 Å². The smallest absolute Gasteiger partial charge is 0.170 e. The molecular formula is C28H26Cl2N4OS. The van der Waals surface area contributed by atoms with Crippen LogP contribution in [0.3, 0.4) is 0 Å². The van der Waals surface area contributed by atoms with E-state index in [9.17, 15) is 0 Å². The number of hydrogen-bond acceptors (Lipinski definition) is 3. The van der Waals surface area contributed by atoms with Gasteiger partial charge < -0.3 is 19.5 Å². The molecule has 36 heavy (non-hydrogen) atoms. The first-order valence-corrected chi connectivity index (χ1v) is 12.8. The number of rotatable bonds is 6. The first kappa shape index (κ1) is 24.6. The summed E-state index contributed by atoms with van der Waals surface area (Å²) in [5.74, 6) is 0.826. The van der Waals surface area contributed by atoms with E-state index in [1.807, 2.05) is 48.7 Å². The van der Waals surface area contributed by atoms with Crippen LogP contribution in [-0.2, 0) is 6.54 Å². The third-order valence-corrected chi connectivity index (χ3v) is 7.54. The van der Waals surface area contributed by atoms with Crippen LogP contribution in [0.2, 0.25) is 10.0 Å². The van der Waals surface area contributed by atoms with Gasteiger partial charge in [-0.2, -0.15) is 0 Å². The Morgan fingerprint density at radius 3 is 2.47 bits per heavy atom. The van der Waals surface area contributed by atoms with Gasteiger partial charge >= 0.3 is 0 Å². The molecule has 5 rings (SSSR count). The number of nitrogens with zero attached hydrogens (tertiary/aromatic N) is 3. The normalized spacial score (nSPS) is 17.4. The van der Waals surface area contributed by atoms with Gasteiger partial charge in [0.05, 0.1) is 35.6 Å². The van der Waals surface area contributed by atoms with Gasteiger partial charge in [0.2, 0.25) is 0 Å². The van der Waals surface area contributed by atoms with Gasteiger partial charge in [0, 0.05) is 29.2 Å². The van der Waals surface area contributed by atoms with Crippen LogP contribution in [0.5, 0.6) is 5.75 Å². The lowest BCUT2D eigenvalue weighted by molar-refractivity contribution is 0.310. The molecule has 1 aliphatic rings. The first-order valence-electron chi connectivity index (χ1n) is 11.6. The summed E-state index contributed by atoms with van der Waals surface area (Å²) < 4.78 is 7.51. The number of benzene rings is 2. The fraction of sp³-hybridized carbons (Fsp3) is 0.214. The van der Waals surface area contributed by atoms with Gasteiger partial charge in [0.1, 0.15) is 5.75 Å². The number of aryl methyl sites for hydroxylation is 1. The summed E-state index contributed by atoms with van der Waals surface area (Å²) in [6.45, 7) is 4.86. The van der Waals surface area contributed by atoms with Crippen LogP contribution in [0.4, 0.5) is 0 Å². The number of ether oxygens (including phenoxy) is 1. The highest BCUT2D eigenvalue weighted by atomic mass is 35.5. The molecule has 5 nitrogen and oxygen atoms in total. The average molecular weight is 538 g/mol. The zero-order valence-corrected chi connectivity index (χ0v) is 22.5. The number of methoxy groups -OCH3 is 1. The number of nitrogens with one attached hydrogen (secondary N) is 1. The van der Waals surface area contributed by atoms with Gasteiger partial charge in [-0.05, 0) is 85.7 Å². The second kappa shape index (κ2) is 10.1. The molecule has 1 aliphatic heterocycles. The maximum absolute atomic E-state index is 6.62. The van der Waals surface area contributed by atoms with E-state index in [1.165, 1.54) is 0 Å². The third kappa shape index (κ3) is 4.57. The molecule has 0 aliphatic carbocycles. The summed E-state index contributed by atoms with van der Waals surface area (Å²) in [5.41, 5.74) is 6.31. The molecule has 0 saturated carbocycles. The fourth-order valence-electron chi connectivity index (χ4n) is 4.96. The largest absolute Gasteiger partial charge is 0.497 e. The van der Waals surface area contributed by atoms with Gasteiger partial charge in [-0.25, -0.2) is 0 Å². The van der Waals surface area contributed by atoms with Crippen molar-refractivity contribution in [3.63, 3.8) is 0 Å². The van der Waals surface area contributed by atoms with Crippen molar-refractivity contribution in [2.75, 3.05) is 7.11 Å². The molecule has 184 valence electrons. The summed E-state index contributed by atoms with van der Waals surface area (Å²) >= 11 is 18.7. The number of halogens is 2. The molecule has 4 aromatic rings. The van der Waals surface area contributed by atoms with Crippen molar-refractivity contribution >= 4 is 40.5 Å². The van der Waals surface area contributed by atoms with Gasteiger partial charge in [-0.1, -0.05) is 41.4 Å². The number of hydrogen-bond donors (Lipinski definition) is 1. The highest BCUT2D eigenvalue weighted by Gasteiger charge is 2.41. The molecule has 1 N–H and O–H groups in total. The van der Waals surface area contributed by atoms with Crippen molar-refractivity contribution in [3.05, 3.63) is 111 Å². The molecule has 0 spiro atoms. The zero-order valence-electron chi connectivity index (χ0n) is 20.2. The summed E-state index contributed by atoms with van der Waals surface area (Å²) in [6.07, 6.45) is 1.82. The molecule has 1 fully saturated rings. The highest BCUT2D eigenvalue weighted by molar-refractivity contribution is 7.80. The van der Waals surface area contributed by atoms with E-state index in [2.05, 4.69) is 51.8 Å². The fourth-order valence-corrected chi connectivity index (χ4v) is 5.76. The molecule has 2 aromatic carbocycles. The van der Waals surface area contributed by atoms with Gasteiger partial charge in [-0.3, -0.25) is 4.98 Å². The lowest BCUT2D eigenvalue weighted by atomic mass is 9.96. The second-order valence-corrected chi connectivity index (χ2v) is 10.1. The Morgan fingerprint density at radius 2 is 1.81 bits per heavy atom. The maximum atomic E-state index is 6.62. The van der Waals surface area contributed by atoms with Crippen LogP contribution in [0.1, 0.15) is 40.3 Å². The van der Waals surface area contributed by atoms with Crippen molar-refractivity contribution in [2.24, 2.45) is 0 Å². The number of pyridine rings is 1. The third-order valence-electron chi connectivity index (χ3n) is 6.65. The van der Waals surface area contributed by atoms with Crippen molar-refractivity contribution in [2.45, 2.75) is 32.5 Å². The highest BCUT2D eigenvalue weighted by Crippen LogP contribution is 2.42. The lowest BCUT2D eigenvalue weighted by Gasteiger charge is -2.28. The summed E-state index contributed by atoms with van der Waals surface area (Å²) in [7, 11) is 1.67. The van der Waals surface area contributed by atoms with Crippen molar-refractivity contribution in [3.8, 4) is 11.4 Å². The van der Waals surface area contributed by atoms with Crippen LogP contribution in [0.15, 0.2) is 72.9 Å². The van der Waals surface area contributed by atoms with Crippen LogP contribution >= 0.6 is 35.4 Å². The van der Waals surface area contributed by atoms with E-state index in [0.717, 1.165) is 39.6 Å². The van der Waals surface area contributed by atoms with Crippen LogP contribution in [0.25, 0.3) is 5.69 Å². The van der Waals surface area contributed by atoms with Gasteiger partial charge in [0.15, 0.2) is 5.11 Å². The standard InChI is InChI=1S/C28H26Cl2N4OS/c1-17-14-22(18(2)34(17)25-12-9-20(29)15-23(25)30)27-26(24-6-4-5-13-31-24)32-28(36)33(27)16-19-7-10-21(35-3)11-8-19/h4-15,26-27H,16H2,1-3H3,(H,32,36). The molecule has 8 heteroatoms. The van der Waals surface area contributed by atoms with E-state index in [-0.39, 0.29) is 12.1 Å². The van der Waals surface area contributed by atoms with Crippen molar-refractivity contribution in [1.82, 2.24) is 19.8 Å². The minimum absolute atomic E-state index is 0.0690. The summed E-state index contributed by atoms with van der Waals surface area (Å²) in [6, 6.07) is 21.7. The molecule has 3 heterocycles. The molecule has 1 saturated heterocycles. The Kier molecular flexibility index (Phi) is 6.93. The maximum Gasteiger partial charge on any atom is 0.170 e. The SMILES string of the molecule is COc1ccc(CN2C(=S)NC(c3ccccn3)C2c2cc(C)n(-c3ccc(Cl)cc3Cl)c2C)cc1. The predicted octanol–water partition coefficient (Wildman–Crippen LogP) is 6.98. The van der Waals surface area contributed by atoms with E-state index >= 15 is 0 Å². The first-order chi connectivity index (χ1) is 17.4. The predicted molar refractivity (Wildman–Crippen MR) is 149 cm³/mol. The summed E-state index contributed by atoms with van der Waals surface area (Å²) in [4.78, 5) is 6.91. The monoisotopic (exact) mass is 536 g/mol. The van der Waals surface area contributed by atoms with Crippen LogP contribution < -0.4 is 10.1 Å². The molecular weight excluding hydrogens is 511 g/mol. The lowest BCUT2D eigenvalue weighted by Crippen LogP contribution is -2.29. The second-order valence-electron chi connectivity index (χ2n) is 8.86. The van der Waals surface area contributed by atoms with Crippen molar-refractivity contribution in [1.29, 1.82) is 0 Å². The Morgan fingerprint density at radius 1 is 1.03 bits per heavy atom. The minimum atomic E-state index is -0.105. The van der Waals surface area contributed by atoms with Crippen LogP contribution in [0, 0.1) is 13.8 Å². The average Bonchev–Trinajstić information content (AvgIpc) is 3.35. The quantitative estimate of drug-likeness (QED) is 0.269. The number of thiocarbonyl (C=S) groups is 1. The summed E-state index contributed by atoms with van der Waals surface area (Å²) in [5, 5.41) is 5.45. The molecule has 0 bridgehead atoms. The molecule has 2 unspecified atom stereocenters. The van der Waals surface area contributed by atoms with Gasteiger partial charge in [-0.15, -0.1) is 0 Å². The number of aromatic nitrogens is 2. The Bertz CT molecular complexity index is 1410. The molecule has 2 aromatic heterocycles. The topological polar surface area (TPSA) is 42.3 Å². The Balaban J connectivity index is 1.61. The molecule has 2 atom stereocenters. The van der Waals surface area contributed by atoms with Crippen LogP contribution in [-0.4, -0.2) is 26.7 Å². The molecule has 0 amide bonds. The van der Waals surface area contributed by atoms with E-state index < -0.39 is 0 Å². The minimum Gasteiger partial charge on any atom is -0.497 e. The Hall–Kier alpha value is -3.06.